The van der Waals surface area contributed by atoms with E-state index in [1.165, 1.54) is 7.11 Å². The molecule has 0 unspecified atom stereocenters. The molecule has 2 aromatic rings. The maximum absolute atomic E-state index is 14.0. The highest BCUT2D eigenvalue weighted by Gasteiger charge is 2.49. The molecule has 0 N–H and O–H groups in total. The van der Waals surface area contributed by atoms with Crippen LogP contribution in [0.4, 0.5) is 18.9 Å². The van der Waals surface area contributed by atoms with Crippen LogP contribution in [0.3, 0.4) is 0 Å². The van der Waals surface area contributed by atoms with Crippen LogP contribution in [0.5, 0.6) is 17.2 Å². The Labute approximate surface area is 272 Å². The number of rotatable bonds is 8. The molecular weight excluding hydrogens is 613 g/mol. The number of hydrogen-bond donors (Lipinski definition) is 0. The zero-order valence-corrected chi connectivity index (χ0v) is 27.5. The molecule has 0 bridgehead atoms. The Kier molecular flexibility index (Phi) is 8.66. The number of nitrogens with zero attached hydrogens (tertiary/aromatic N) is 2. The van der Waals surface area contributed by atoms with Gasteiger partial charge in [0.1, 0.15) is 0 Å². The predicted molar refractivity (Wildman–Crippen MR) is 170 cm³/mol. The molecule has 0 radical (unpaired) electrons. The van der Waals surface area contributed by atoms with Crippen LogP contribution in [0.2, 0.25) is 0 Å². The van der Waals surface area contributed by atoms with Crippen molar-refractivity contribution in [1.82, 2.24) is 4.90 Å². The number of methoxy groups -OCH3 is 1. The van der Waals surface area contributed by atoms with Crippen molar-refractivity contribution >= 4 is 17.3 Å². The number of alkyl halides is 3. The fraction of sp³-hybridized carbons (Fsp3) is 0.444. The van der Waals surface area contributed by atoms with Crippen molar-refractivity contribution in [3.63, 3.8) is 0 Å². The van der Waals surface area contributed by atoms with Crippen LogP contribution in [-0.2, 0) is 22.2 Å². The van der Waals surface area contributed by atoms with Gasteiger partial charge >= 0.3 is 11.9 Å². The molecule has 250 valence electrons. The summed E-state index contributed by atoms with van der Waals surface area (Å²) in [6.45, 7) is 14.7. The number of ether oxygens (including phenoxy) is 2. The minimum atomic E-state index is -4.79. The number of Topliss-reactive ketones (excluding diaryl/α,β-unsaturated/α-hetero) is 2. The molecule has 2 aliphatic carbocycles. The largest absolute Gasteiger partial charge is 0.493 e. The van der Waals surface area contributed by atoms with Gasteiger partial charge < -0.3 is 14.4 Å². The minimum absolute atomic E-state index is 0.0335. The van der Waals surface area contributed by atoms with E-state index in [1.54, 1.807) is 18.2 Å². The van der Waals surface area contributed by atoms with E-state index in [-0.39, 0.29) is 40.3 Å². The number of nitro benzene ring substituents is 1. The first-order valence-corrected chi connectivity index (χ1v) is 15.6. The van der Waals surface area contributed by atoms with Crippen LogP contribution < -0.4 is 9.47 Å². The van der Waals surface area contributed by atoms with Crippen molar-refractivity contribution in [3.05, 3.63) is 92.3 Å². The van der Waals surface area contributed by atoms with Crippen LogP contribution in [0, 0.1) is 20.9 Å². The van der Waals surface area contributed by atoms with E-state index in [0.717, 1.165) is 17.5 Å². The zero-order valence-electron chi connectivity index (χ0n) is 27.5. The molecule has 3 aliphatic rings. The smallest absolute Gasteiger partial charge is 0.416 e. The second-order valence-electron chi connectivity index (χ2n) is 14.0. The summed E-state index contributed by atoms with van der Waals surface area (Å²) in [5.41, 5.74) is 1.46. The van der Waals surface area contributed by atoms with E-state index >= 15 is 0 Å². The molecule has 0 amide bonds. The SMILES string of the molecule is C=CCc1cc(C2C3=C(CC(C)(C)CC3=O)N(CC)C3=C2C(=O)CC(C)(C)C3)cc(OC)c1Oc1ccc(C(F)(F)F)cc1[N+](=O)[O-]. The number of halogens is 3. The lowest BCUT2D eigenvalue weighted by Crippen LogP contribution is -2.44. The third-order valence-electron chi connectivity index (χ3n) is 9.10. The van der Waals surface area contributed by atoms with Gasteiger partial charge in [0, 0.05) is 59.5 Å². The van der Waals surface area contributed by atoms with Gasteiger partial charge in [0.25, 0.3) is 0 Å². The summed E-state index contributed by atoms with van der Waals surface area (Å²) in [4.78, 5) is 41.1. The molecule has 0 fully saturated rings. The van der Waals surface area contributed by atoms with E-state index in [0.29, 0.717) is 66.6 Å². The summed E-state index contributed by atoms with van der Waals surface area (Å²) in [5, 5.41) is 11.8. The van der Waals surface area contributed by atoms with Crippen LogP contribution in [0.1, 0.15) is 82.9 Å². The second-order valence-corrected chi connectivity index (χ2v) is 14.0. The van der Waals surface area contributed by atoms with Crippen LogP contribution in [0.15, 0.2) is 65.5 Å². The van der Waals surface area contributed by atoms with E-state index < -0.39 is 34.0 Å². The topological polar surface area (TPSA) is 99.0 Å². The maximum atomic E-state index is 14.0. The molecule has 1 heterocycles. The molecule has 2 aromatic carbocycles. The molecule has 0 saturated heterocycles. The van der Waals surface area contributed by atoms with Crippen molar-refractivity contribution in [2.45, 2.75) is 78.8 Å². The lowest BCUT2D eigenvalue weighted by atomic mass is 9.63. The molecule has 1 aliphatic heterocycles. The first-order chi connectivity index (χ1) is 21.9. The van der Waals surface area contributed by atoms with Crippen LogP contribution in [0.25, 0.3) is 0 Å². The first-order valence-electron chi connectivity index (χ1n) is 15.6. The maximum Gasteiger partial charge on any atom is 0.416 e. The van der Waals surface area contributed by atoms with Gasteiger partial charge in [-0.15, -0.1) is 6.58 Å². The van der Waals surface area contributed by atoms with Gasteiger partial charge in [-0.25, -0.2) is 0 Å². The standard InChI is InChI=1S/C36H39F3N2O6/c1-8-10-20-13-21(14-29(46-7)33(20)47-28-12-11-22(36(37,38)39)15-23(28)41(44)45)30-31-24(16-34(3,4)18-26(31)42)40(9-2)25-17-35(5,6)19-27(43)32(25)30/h8,11-15,30H,1,9-10,16-19H2,2-7H3. The number of carbonyl (C=O) groups is 2. The number of ketones is 2. The highest BCUT2D eigenvalue weighted by molar-refractivity contribution is 6.06. The lowest BCUT2D eigenvalue weighted by molar-refractivity contribution is -0.385. The molecular formula is C36H39F3N2O6. The molecule has 11 heteroatoms. The van der Waals surface area contributed by atoms with Gasteiger partial charge in [0.15, 0.2) is 23.1 Å². The molecule has 0 spiro atoms. The fourth-order valence-corrected chi connectivity index (χ4v) is 7.22. The van der Waals surface area contributed by atoms with Crippen LogP contribution >= 0.6 is 0 Å². The van der Waals surface area contributed by atoms with Crippen molar-refractivity contribution in [1.29, 1.82) is 0 Å². The van der Waals surface area contributed by atoms with Crippen molar-refractivity contribution < 1.29 is 37.2 Å². The Hall–Kier alpha value is -4.41. The number of hydrogen-bond acceptors (Lipinski definition) is 7. The van der Waals surface area contributed by atoms with Crippen molar-refractivity contribution in [2.24, 2.45) is 10.8 Å². The van der Waals surface area contributed by atoms with E-state index in [9.17, 15) is 32.9 Å². The third kappa shape index (κ3) is 6.32. The highest BCUT2D eigenvalue weighted by atomic mass is 19.4. The van der Waals surface area contributed by atoms with Gasteiger partial charge in [0.05, 0.1) is 17.6 Å². The number of nitro groups is 1. The summed E-state index contributed by atoms with van der Waals surface area (Å²) in [6.07, 6.45) is -1.07. The normalized spacial score (nSPS) is 19.4. The Bertz CT molecular complexity index is 1700. The fourth-order valence-electron chi connectivity index (χ4n) is 7.22. The molecule has 0 aromatic heterocycles. The first kappa shape index (κ1) is 33.9. The number of benzene rings is 2. The second kappa shape index (κ2) is 12.0. The summed E-state index contributed by atoms with van der Waals surface area (Å²) in [6, 6.07) is 5.48. The lowest BCUT2D eigenvalue weighted by Gasteiger charge is -2.49. The Morgan fingerprint density at radius 1 is 0.979 bits per heavy atom. The minimum Gasteiger partial charge on any atom is -0.493 e. The van der Waals surface area contributed by atoms with Crippen LogP contribution in [-0.4, -0.2) is 35.0 Å². The van der Waals surface area contributed by atoms with Gasteiger partial charge in [-0.3, -0.25) is 19.7 Å². The summed E-state index contributed by atoms with van der Waals surface area (Å²) < 4.78 is 51.8. The molecule has 0 saturated carbocycles. The Balaban J connectivity index is 1.73. The van der Waals surface area contributed by atoms with E-state index in [4.69, 9.17) is 9.47 Å². The van der Waals surface area contributed by atoms with Gasteiger partial charge in [-0.1, -0.05) is 39.8 Å². The number of carbonyl (C=O) groups excluding carboxylic acids is 2. The van der Waals surface area contributed by atoms with Gasteiger partial charge in [0.2, 0.25) is 5.75 Å². The average Bonchev–Trinajstić information content (AvgIpc) is 2.95. The third-order valence-corrected chi connectivity index (χ3v) is 9.10. The van der Waals surface area contributed by atoms with E-state index in [2.05, 4.69) is 39.2 Å². The Morgan fingerprint density at radius 2 is 1.55 bits per heavy atom. The summed E-state index contributed by atoms with van der Waals surface area (Å²) in [5.74, 6) is -0.951. The monoisotopic (exact) mass is 652 g/mol. The number of allylic oxidation sites excluding steroid dienone is 5. The molecule has 5 rings (SSSR count). The predicted octanol–water partition coefficient (Wildman–Crippen LogP) is 8.85. The van der Waals surface area contributed by atoms with Gasteiger partial charge in [-0.2, -0.15) is 13.2 Å². The molecule has 47 heavy (non-hydrogen) atoms. The summed E-state index contributed by atoms with van der Waals surface area (Å²) >= 11 is 0. The quantitative estimate of drug-likeness (QED) is 0.160. The summed E-state index contributed by atoms with van der Waals surface area (Å²) in [7, 11) is 1.38. The average molecular weight is 653 g/mol. The zero-order chi connectivity index (χ0) is 34.6. The Morgan fingerprint density at radius 3 is 2.02 bits per heavy atom. The van der Waals surface area contributed by atoms with Crippen molar-refractivity contribution in [2.75, 3.05) is 13.7 Å². The van der Waals surface area contributed by atoms with Gasteiger partial charge in [-0.05, 0) is 60.8 Å². The van der Waals surface area contributed by atoms with Crippen molar-refractivity contribution in [3.8, 4) is 17.2 Å². The molecule has 0 atom stereocenters. The van der Waals surface area contributed by atoms with E-state index in [1.807, 2.05) is 6.92 Å². The highest BCUT2D eigenvalue weighted by Crippen LogP contribution is 2.55. The molecule has 8 nitrogen and oxygen atoms in total.